The van der Waals surface area contributed by atoms with Crippen LogP contribution >= 0.6 is 22.6 Å². The van der Waals surface area contributed by atoms with Crippen molar-refractivity contribution in [3.63, 3.8) is 0 Å². The van der Waals surface area contributed by atoms with Crippen LogP contribution in [0.15, 0.2) is 53.6 Å². The molecule has 0 fully saturated rings. The van der Waals surface area contributed by atoms with Gasteiger partial charge >= 0.3 is 0 Å². The van der Waals surface area contributed by atoms with Gasteiger partial charge in [-0.1, -0.05) is 30.3 Å². The second-order valence-corrected chi connectivity index (χ2v) is 5.16. The van der Waals surface area contributed by atoms with E-state index in [4.69, 9.17) is 0 Å². The zero-order chi connectivity index (χ0) is 15.2. The van der Waals surface area contributed by atoms with Crippen molar-refractivity contribution >= 4 is 40.4 Å². The highest BCUT2D eigenvalue weighted by Crippen LogP contribution is 2.17. The van der Waals surface area contributed by atoms with E-state index in [1.807, 2.05) is 24.3 Å². The average Bonchev–Trinajstić information content (AvgIpc) is 2.49. The largest absolute Gasteiger partial charge is 0.282 e. The molecule has 0 atom stereocenters. The van der Waals surface area contributed by atoms with E-state index in [0.29, 0.717) is 0 Å². The summed E-state index contributed by atoms with van der Waals surface area (Å²) in [6.45, 7) is 0. The first kappa shape index (κ1) is 15.1. The van der Waals surface area contributed by atoms with Gasteiger partial charge in [0.15, 0.2) is 0 Å². The van der Waals surface area contributed by atoms with Crippen molar-refractivity contribution in [1.29, 1.82) is 0 Å². The van der Waals surface area contributed by atoms with Gasteiger partial charge in [0.05, 0.1) is 11.1 Å². The van der Waals surface area contributed by atoms with E-state index in [0.717, 1.165) is 9.13 Å². The molecule has 21 heavy (non-hydrogen) atoms. The third-order valence-corrected chi connectivity index (χ3v) is 3.60. The van der Waals surface area contributed by atoms with Gasteiger partial charge in [0.25, 0.3) is 11.6 Å². The van der Waals surface area contributed by atoms with Crippen LogP contribution in [0, 0.1) is 13.7 Å². The second kappa shape index (κ2) is 6.93. The first-order chi connectivity index (χ1) is 10.1. The third kappa shape index (κ3) is 3.85. The standard InChI is InChI=1S/C14H10IN3O3/c15-12-7-3-1-5-10(12)9-16-17-14(19)11-6-2-4-8-13(11)18(20)21/h1-9H,(H,17,19)/b16-9-. The van der Waals surface area contributed by atoms with Crippen molar-refractivity contribution < 1.29 is 9.72 Å². The molecule has 0 unspecified atom stereocenters. The number of benzene rings is 2. The summed E-state index contributed by atoms with van der Waals surface area (Å²) in [4.78, 5) is 22.2. The number of nitrogens with zero attached hydrogens (tertiary/aromatic N) is 2. The van der Waals surface area contributed by atoms with Crippen molar-refractivity contribution in [2.75, 3.05) is 0 Å². The lowest BCUT2D eigenvalue weighted by molar-refractivity contribution is -0.385. The van der Waals surface area contributed by atoms with Crippen molar-refractivity contribution in [2.24, 2.45) is 5.10 Å². The molecule has 0 aliphatic heterocycles. The van der Waals surface area contributed by atoms with Gasteiger partial charge < -0.3 is 0 Å². The summed E-state index contributed by atoms with van der Waals surface area (Å²) in [6, 6.07) is 13.2. The molecule has 6 nitrogen and oxygen atoms in total. The smallest absolute Gasteiger partial charge is 0.267 e. The zero-order valence-corrected chi connectivity index (χ0v) is 12.9. The zero-order valence-electron chi connectivity index (χ0n) is 10.7. The van der Waals surface area contributed by atoms with Crippen molar-refractivity contribution in [2.45, 2.75) is 0 Å². The van der Waals surface area contributed by atoms with Crippen LogP contribution in [-0.2, 0) is 0 Å². The molecule has 1 amide bonds. The number of amides is 1. The molecule has 106 valence electrons. The Hall–Kier alpha value is -2.29. The lowest BCUT2D eigenvalue weighted by Gasteiger charge is -2.01. The number of para-hydroxylation sites is 1. The lowest BCUT2D eigenvalue weighted by atomic mass is 10.2. The molecule has 2 aromatic rings. The summed E-state index contributed by atoms with van der Waals surface area (Å²) < 4.78 is 0.985. The normalized spacial score (nSPS) is 10.5. The molecule has 0 radical (unpaired) electrons. The molecule has 0 aliphatic rings. The maximum atomic E-state index is 11.9. The summed E-state index contributed by atoms with van der Waals surface area (Å²) in [5, 5.41) is 14.7. The van der Waals surface area contributed by atoms with Crippen LogP contribution < -0.4 is 5.43 Å². The Morgan fingerprint density at radius 1 is 1.19 bits per heavy atom. The Kier molecular flexibility index (Phi) is 4.99. The third-order valence-electron chi connectivity index (χ3n) is 2.62. The first-order valence-corrected chi connectivity index (χ1v) is 6.99. The highest BCUT2D eigenvalue weighted by Gasteiger charge is 2.18. The second-order valence-electron chi connectivity index (χ2n) is 3.99. The minimum absolute atomic E-state index is 0.0255. The van der Waals surface area contributed by atoms with Gasteiger partial charge in [-0.3, -0.25) is 14.9 Å². The number of nitro groups is 1. The molecule has 2 rings (SSSR count). The topological polar surface area (TPSA) is 84.6 Å². The minimum atomic E-state index is -0.621. The number of rotatable bonds is 4. The molecule has 0 heterocycles. The number of carbonyl (C=O) groups is 1. The Labute approximate surface area is 134 Å². The molecule has 0 saturated carbocycles. The maximum Gasteiger partial charge on any atom is 0.282 e. The van der Waals surface area contributed by atoms with Gasteiger partial charge in [0.2, 0.25) is 0 Å². The van der Waals surface area contributed by atoms with Crippen LogP contribution in [0.2, 0.25) is 0 Å². The number of hydrogen-bond donors (Lipinski definition) is 1. The number of hydrazone groups is 1. The fraction of sp³-hybridized carbons (Fsp3) is 0. The highest BCUT2D eigenvalue weighted by atomic mass is 127. The fourth-order valence-corrected chi connectivity index (χ4v) is 2.15. The molecular formula is C14H10IN3O3. The van der Waals surface area contributed by atoms with Crippen LogP contribution in [0.25, 0.3) is 0 Å². The van der Waals surface area contributed by atoms with Crippen molar-refractivity contribution in [3.05, 3.63) is 73.3 Å². The summed E-state index contributed by atoms with van der Waals surface area (Å²) in [5.41, 5.74) is 2.86. The van der Waals surface area contributed by atoms with Crippen LogP contribution in [-0.4, -0.2) is 17.0 Å². The number of nitrogens with one attached hydrogen (secondary N) is 1. The molecule has 2 aromatic carbocycles. The molecular weight excluding hydrogens is 385 g/mol. The van der Waals surface area contributed by atoms with Gasteiger partial charge in [-0.15, -0.1) is 0 Å². The van der Waals surface area contributed by atoms with Gasteiger partial charge in [0.1, 0.15) is 5.56 Å². The number of halogens is 1. The summed E-state index contributed by atoms with van der Waals surface area (Å²) in [5.74, 6) is -0.621. The van der Waals surface area contributed by atoms with E-state index < -0.39 is 10.8 Å². The summed E-state index contributed by atoms with van der Waals surface area (Å²) in [7, 11) is 0. The number of carbonyl (C=O) groups excluding carboxylic acids is 1. The van der Waals surface area contributed by atoms with Gasteiger partial charge in [-0.25, -0.2) is 5.43 Å². The average molecular weight is 395 g/mol. The monoisotopic (exact) mass is 395 g/mol. The molecule has 0 aromatic heterocycles. The summed E-state index contributed by atoms with van der Waals surface area (Å²) >= 11 is 2.15. The molecule has 1 N–H and O–H groups in total. The van der Waals surface area contributed by atoms with E-state index in [1.54, 1.807) is 6.07 Å². The quantitative estimate of drug-likeness (QED) is 0.374. The van der Waals surface area contributed by atoms with Gasteiger partial charge in [-0.2, -0.15) is 5.10 Å². The van der Waals surface area contributed by atoms with Gasteiger partial charge in [0, 0.05) is 15.2 Å². The predicted octanol–water partition coefficient (Wildman–Crippen LogP) is 2.96. The maximum absolute atomic E-state index is 11.9. The van der Waals surface area contributed by atoms with Crippen LogP contribution in [0.3, 0.4) is 0 Å². The minimum Gasteiger partial charge on any atom is -0.267 e. The SMILES string of the molecule is O=C(N/N=C\c1ccccc1I)c1ccccc1[N+](=O)[O-]. The molecule has 0 saturated heterocycles. The molecule has 0 aliphatic carbocycles. The van der Waals surface area contributed by atoms with Crippen LogP contribution in [0.1, 0.15) is 15.9 Å². The van der Waals surface area contributed by atoms with Crippen molar-refractivity contribution in [3.8, 4) is 0 Å². The van der Waals surface area contributed by atoms with E-state index in [9.17, 15) is 14.9 Å². The number of hydrogen-bond acceptors (Lipinski definition) is 4. The van der Waals surface area contributed by atoms with E-state index in [-0.39, 0.29) is 11.3 Å². The number of nitro benzene ring substituents is 1. The molecule has 7 heteroatoms. The Bertz CT molecular complexity index is 716. The highest BCUT2D eigenvalue weighted by molar-refractivity contribution is 14.1. The van der Waals surface area contributed by atoms with Crippen LogP contribution in [0.5, 0.6) is 0 Å². The van der Waals surface area contributed by atoms with E-state index in [1.165, 1.54) is 24.4 Å². The van der Waals surface area contributed by atoms with Gasteiger partial charge in [-0.05, 0) is 34.7 Å². The molecule has 0 spiro atoms. The van der Waals surface area contributed by atoms with E-state index >= 15 is 0 Å². The van der Waals surface area contributed by atoms with E-state index in [2.05, 4.69) is 33.1 Å². The van der Waals surface area contributed by atoms with Crippen molar-refractivity contribution in [1.82, 2.24) is 5.43 Å². The Morgan fingerprint density at radius 2 is 1.86 bits per heavy atom. The van der Waals surface area contributed by atoms with Crippen LogP contribution in [0.4, 0.5) is 5.69 Å². The Balaban J connectivity index is 2.13. The Morgan fingerprint density at radius 3 is 2.57 bits per heavy atom. The fourth-order valence-electron chi connectivity index (χ4n) is 1.63. The predicted molar refractivity (Wildman–Crippen MR) is 87.3 cm³/mol. The first-order valence-electron chi connectivity index (χ1n) is 5.91. The molecule has 0 bridgehead atoms. The lowest BCUT2D eigenvalue weighted by Crippen LogP contribution is -2.19. The summed E-state index contributed by atoms with van der Waals surface area (Å²) in [6.07, 6.45) is 1.49.